The summed E-state index contributed by atoms with van der Waals surface area (Å²) in [5, 5.41) is 26.5. The zero-order chi connectivity index (χ0) is 44.1. The highest BCUT2D eigenvalue weighted by Gasteiger charge is 2.47. The van der Waals surface area contributed by atoms with E-state index in [4.69, 9.17) is 0 Å². The predicted octanol–water partition coefficient (Wildman–Crippen LogP) is 2.34. The molecule has 62 heavy (non-hydrogen) atoms. The fourth-order valence-electron chi connectivity index (χ4n) is 8.27. The molecule has 1 aromatic carbocycles. The molecule has 0 saturated carbocycles. The van der Waals surface area contributed by atoms with Gasteiger partial charge in [0.05, 0.1) is 36.9 Å². The van der Waals surface area contributed by atoms with Crippen LogP contribution in [0.4, 0.5) is 0 Å². The number of amides is 6. The lowest BCUT2D eigenvalue weighted by Gasteiger charge is -2.36. The number of hydrogen-bond donors (Lipinski definition) is 6. The van der Waals surface area contributed by atoms with Gasteiger partial charge in [-0.15, -0.1) is 29.9 Å². The Kier molecular flexibility index (Phi) is 18.3. The topological polar surface area (TPSA) is 212 Å². The maximum Gasteiger partial charge on any atom is 0.246 e. The molecule has 19 heteroatoms. The molecule has 346 valence electrons. The minimum atomic E-state index is -0.916. The molecule has 2 fully saturated rings. The molecule has 0 bridgehead atoms. The number of nitrogens with zero attached hydrogens (tertiary/aromatic N) is 5. The molecule has 0 radical (unpaired) electrons. The Morgan fingerprint density at radius 1 is 0.774 bits per heavy atom. The third kappa shape index (κ3) is 12.2. The predicted molar refractivity (Wildman–Crippen MR) is 240 cm³/mol. The van der Waals surface area contributed by atoms with E-state index in [0.717, 1.165) is 24.8 Å². The maximum atomic E-state index is 14.6. The van der Waals surface area contributed by atoms with Gasteiger partial charge < -0.3 is 41.7 Å². The minimum Gasteiger partial charge on any atom is -0.349 e. The number of likely N-dealkylation sites (N-methyl/N-ethyl adjacent to an activating group) is 2. The first kappa shape index (κ1) is 52.0. The number of fused-ring (bicyclic) bond motifs is 1. The van der Waals surface area contributed by atoms with Crippen molar-refractivity contribution >= 4 is 60.3 Å². The minimum absolute atomic E-state index is 0. The van der Waals surface area contributed by atoms with Crippen LogP contribution in [0.3, 0.4) is 0 Å². The van der Waals surface area contributed by atoms with Crippen LogP contribution in [0, 0.1) is 10.8 Å². The molecule has 3 aliphatic rings. The smallest absolute Gasteiger partial charge is 0.246 e. The van der Waals surface area contributed by atoms with Gasteiger partial charge in [-0.2, -0.15) is 0 Å². The van der Waals surface area contributed by atoms with Crippen LogP contribution in [0.5, 0.6) is 0 Å². The molecule has 8 atom stereocenters. The Hall–Kier alpha value is -4.32. The number of nitrogens with one attached hydrogen (secondary N) is 6. The molecule has 6 N–H and O–H groups in total. The Balaban J connectivity index is 0.00000512. The summed E-state index contributed by atoms with van der Waals surface area (Å²) in [7, 11) is 3.35. The number of carbonyl (C=O) groups excluding carboxylic acids is 6. The van der Waals surface area contributed by atoms with Crippen molar-refractivity contribution in [2.24, 2.45) is 10.8 Å². The van der Waals surface area contributed by atoms with Crippen LogP contribution in [-0.2, 0) is 41.7 Å². The average Bonchev–Trinajstić information content (AvgIpc) is 4.00. The fourth-order valence-corrected chi connectivity index (χ4v) is 8.27. The summed E-state index contributed by atoms with van der Waals surface area (Å²) in [6.45, 7) is 15.3. The fraction of sp³-hybridized carbons (Fsp3) is 0.674. The van der Waals surface area contributed by atoms with Crippen LogP contribution in [-0.4, -0.2) is 124 Å². The largest absolute Gasteiger partial charge is 0.349 e. The van der Waals surface area contributed by atoms with E-state index in [1.54, 1.807) is 48.6 Å². The number of halogens is 2. The monoisotopic (exact) mass is 905 g/mol. The number of benzene rings is 1. The van der Waals surface area contributed by atoms with Crippen LogP contribution in [0.1, 0.15) is 116 Å². The number of carbonyl (C=O) groups is 6. The molecule has 17 nitrogen and oxygen atoms in total. The summed E-state index contributed by atoms with van der Waals surface area (Å²) >= 11 is 0. The van der Waals surface area contributed by atoms with Gasteiger partial charge in [0.25, 0.3) is 0 Å². The van der Waals surface area contributed by atoms with E-state index in [0.29, 0.717) is 25.1 Å². The number of rotatable bonds is 14. The van der Waals surface area contributed by atoms with E-state index in [-0.39, 0.29) is 85.8 Å². The highest BCUT2D eigenvalue weighted by Crippen LogP contribution is 2.34. The van der Waals surface area contributed by atoms with Crippen LogP contribution >= 0.6 is 24.8 Å². The third-order valence-corrected chi connectivity index (χ3v) is 12.2. The molecule has 2 saturated heterocycles. The molecule has 0 unspecified atom stereocenters. The van der Waals surface area contributed by atoms with Gasteiger partial charge in [0.1, 0.15) is 29.9 Å². The van der Waals surface area contributed by atoms with Gasteiger partial charge in [-0.1, -0.05) is 71.0 Å². The van der Waals surface area contributed by atoms with Crippen molar-refractivity contribution in [3.8, 4) is 0 Å². The van der Waals surface area contributed by atoms with Gasteiger partial charge in [-0.05, 0) is 82.0 Å². The second kappa shape index (κ2) is 21.8. The first-order valence-corrected chi connectivity index (χ1v) is 21.4. The lowest BCUT2D eigenvalue weighted by molar-refractivity contribution is -0.144. The lowest BCUT2D eigenvalue weighted by Crippen LogP contribution is -2.59. The number of aryl methyl sites for hydroxylation is 1. The summed E-state index contributed by atoms with van der Waals surface area (Å²) in [6.07, 6.45) is 5.74. The van der Waals surface area contributed by atoms with Gasteiger partial charge in [0.15, 0.2) is 0 Å². The van der Waals surface area contributed by atoms with E-state index in [9.17, 15) is 28.8 Å². The van der Waals surface area contributed by atoms with Crippen molar-refractivity contribution in [1.82, 2.24) is 56.7 Å². The van der Waals surface area contributed by atoms with Crippen LogP contribution in [0.25, 0.3) is 0 Å². The molecular formula is C43H69Cl2N11O6. The maximum absolute atomic E-state index is 14.6. The summed E-state index contributed by atoms with van der Waals surface area (Å²) in [5.41, 5.74) is 1.47. The zero-order valence-corrected chi connectivity index (χ0v) is 39.5. The van der Waals surface area contributed by atoms with Crippen molar-refractivity contribution in [3.63, 3.8) is 0 Å². The van der Waals surface area contributed by atoms with Gasteiger partial charge in [-0.25, -0.2) is 4.68 Å². The van der Waals surface area contributed by atoms with Gasteiger partial charge in [0, 0.05) is 19.5 Å². The number of likely N-dealkylation sites (tertiary alicyclic amines) is 2. The van der Waals surface area contributed by atoms with Gasteiger partial charge in [-0.3, -0.25) is 28.8 Å². The van der Waals surface area contributed by atoms with Crippen LogP contribution in [0.2, 0.25) is 0 Å². The highest BCUT2D eigenvalue weighted by molar-refractivity contribution is 5.95. The lowest BCUT2D eigenvalue weighted by atomic mass is 9.85. The summed E-state index contributed by atoms with van der Waals surface area (Å²) in [4.78, 5) is 85.4. The second-order valence-corrected chi connectivity index (χ2v) is 18.8. The molecule has 2 aromatic rings. The first-order chi connectivity index (χ1) is 28.2. The summed E-state index contributed by atoms with van der Waals surface area (Å²) < 4.78 is 1.63. The van der Waals surface area contributed by atoms with E-state index in [1.165, 1.54) is 5.56 Å². The number of hydrogen-bond acceptors (Lipinski definition) is 10. The Labute approximate surface area is 378 Å². The zero-order valence-electron chi connectivity index (χ0n) is 37.9. The standard InChI is InChI=1S/C43H67N11O6.2ClH/c1-25(44-9)36(55)48-34(42(3,4)5)40(59)52-20-14-19-32(52)38(57)46-22-28-23-54(51-50-28)29-21-33(39(58)47-31-18-13-16-27-15-11-12-17-30(27)31)53(24-29)41(60)35(43(6,7)8)49-37(56)26(2)45-10;;/h11-12,15,17,23,25-26,29,31-35,44-45H,13-14,16,18-22,24H2,1-10H3,(H,46,57)(H,47,58)(H,48,55)(H,49,56);2*1H/t25-,26-,29-,31+,32-,33-,34+,35+;;/m0../s1. The van der Waals surface area contributed by atoms with Crippen molar-refractivity contribution in [3.05, 3.63) is 47.3 Å². The molecule has 5 rings (SSSR count). The number of aromatic nitrogens is 3. The Bertz CT molecular complexity index is 1900. The quantitative estimate of drug-likeness (QED) is 0.163. The normalized spacial score (nSPS) is 21.8. The average molecular weight is 907 g/mol. The highest BCUT2D eigenvalue weighted by atomic mass is 35.5. The molecule has 0 spiro atoms. The van der Waals surface area contributed by atoms with E-state index >= 15 is 0 Å². The second-order valence-electron chi connectivity index (χ2n) is 18.8. The molecule has 6 amide bonds. The van der Waals surface area contributed by atoms with Gasteiger partial charge >= 0.3 is 0 Å². The van der Waals surface area contributed by atoms with Gasteiger partial charge in [0.2, 0.25) is 35.4 Å². The van der Waals surface area contributed by atoms with Crippen LogP contribution in [0.15, 0.2) is 30.5 Å². The van der Waals surface area contributed by atoms with Crippen molar-refractivity contribution in [2.45, 2.75) is 149 Å². The van der Waals surface area contributed by atoms with E-state index < -0.39 is 53.1 Å². The Morgan fingerprint density at radius 2 is 1.35 bits per heavy atom. The molecular weight excluding hydrogens is 837 g/mol. The summed E-state index contributed by atoms with van der Waals surface area (Å²) in [6, 6.07) is 3.14. The van der Waals surface area contributed by atoms with Crippen molar-refractivity contribution in [1.29, 1.82) is 0 Å². The SMILES string of the molecule is CN[C@@H](C)C(=O)N[C@H](C(=O)N1CCC[C@H]1C(=O)NCc1cn([C@H]2C[C@@H](C(=O)N[C@@H]3CCCc4ccccc43)N(C(=O)[C@@H](NC(=O)[C@H](C)NC)C(C)(C)C)C2)nn1)C(C)(C)C.Cl.Cl. The Morgan fingerprint density at radius 3 is 1.94 bits per heavy atom. The van der Waals surface area contributed by atoms with Crippen LogP contribution < -0.4 is 31.9 Å². The van der Waals surface area contributed by atoms with Crippen molar-refractivity contribution in [2.75, 3.05) is 27.2 Å². The van der Waals surface area contributed by atoms with Crippen molar-refractivity contribution < 1.29 is 28.8 Å². The summed E-state index contributed by atoms with van der Waals surface area (Å²) in [5.74, 6) is -1.90. The molecule has 3 heterocycles. The molecule has 1 aromatic heterocycles. The third-order valence-electron chi connectivity index (χ3n) is 12.2. The first-order valence-electron chi connectivity index (χ1n) is 21.4. The molecule has 2 aliphatic heterocycles. The molecule has 1 aliphatic carbocycles. The van der Waals surface area contributed by atoms with E-state index in [1.807, 2.05) is 59.7 Å². The van der Waals surface area contributed by atoms with E-state index in [2.05, 4.69) is 48.3 Å².